The van der Waals surface area contributed by atoms with E-state index in [9.17, 15) is 9.18 Å². The van der Waals surface area contributed by atoms with Crippen LogP contribution in [0, 0.1) is 5.82 Å². The largest absolute Gasteiger partial charge is 0.286 e. The van der Waals surface area contributed by atoms with E-state index < -0.39 is 11.7 Å². The third-order valence-corrected chi connectivity index (χ3v) is 2.09. The highest BCUT2D eigenvalue weighted by atomic mass is 79.9. The number of carbonyl (C=O) groups is 1. The van der Waals surface area contributed by atoms with Crippen molar-refractivity contribution in [3.8, 4) is 0 Å². The van der Waals surface area contributed by atoms with Gasteiger partial charge in [0.1, 0.15) is 5.82 Å². The van der Waals surface area contributed by atoms with Gasteiger partial charge in [0.15, 0.2) is 0 Å². The highest BCUT2D eigenvalue weighted by molar-refractivity contribution is 9.10. The quantitative estimate of drug-likeness (QED) is 0.610. The van der Waals surface area contributed by atoms with E-state index >= 15 is 0 Å². The SMILES string of the molecule is CN(O)C(=O)c1cccc(Br)c1F. The van der Waals surface area contributed by atoms with Crippen molar-refractivity contribution in [2.24, 2.45) is 0 Å². The molecule has 3 nitrogen and oxygen atoms in total. The first-order valence-corrected chi connectivity index (χ1v) is 4.24. The summed E-state index contributed by atoms with van der Waals surface area (Å²) in [6.07, 6.45) is 0. The number of hydroxylamine groups is 2. The Morgan fingerprint density at radius 2 is 2.23 bits per heavy atom. The van der Waals surface area contributed by atoms with Crippen LogP contribution in [-0.4, -0.2) is 23.2 Å². The van der Waals surface area contributed by atoms with Gasteiger partial charge >= 0.3 is 0 Å². The molecule has 0 fully saturated rings. The van der Waals surface area contributed by atoms with Crippen molar-refractivity contribution >= 4 is 21.8 Å². The molecule has 0 aromatic heterocycles. The van der Waals surface area contributed by atoms with E-state index in [1.807, 2.05) is 0 Å². The average molecular weight is 248 g/mol. The number of hydrogen-bond donors (Lipinski definition) is 1. The third-order valence-electron chi connectivity index (χ3n) is 1.48. The Balaban J connectivity index is 3.15. The van der Waals surface area contributed by atoms with Gasteiger partial charge in [-0.05, 0) is 28.1 Å². The van der Waals surface area contributed by atoms with Crippen LogP contribution in [-0.2, 0) is 0 Å². The fraction of sp³-hybridized carbons (Fsp3) is 0.125. The molecule has 0 aliphatic rings. The molecule has 1 aromatic rings. The van der Waals surface area contributed by atoms with Crippen LogP contribution in [0.5, 0.6) is 0 Å². The Kier molecular flexibility index (Phi) is 3.00. The molecule has 70 valence electrons. The molecule has 0 radical (unpaired) electrons. The maximum Gasteiger partial charge on any atom is 0.279 e. The zero-order valence-corrected chi connectivity index (χ0v) is 8.38. The fourth-order valence-electron chi connectivity index (χ4n) is 0.843. The van der Waals surface area contributed by atoms with E-state index in [0.717, 1.165) is 7.05 Å². The van der Waals surface area contributed by atoms with Crippen molar-refractivity contribution in [1.82, 2.24) is 5.06 Å². The van der Waals surface area contributed by atoms with Gasteiger partial charge in [0.2, 0.25) is 0 Å². The molecule has 0 aliphatic carbocycles. The highest BCUT2D eigenvalue weighted by Gasteiger charge is 2.15. The molecule has 1 N–H and O–H groups in total. The highest BCUT2D eigenvalue weighted by Crippen LogP contribution is 2.19. The van der Waals surface area contributed by atoms with Crippen molar-refractivity contribution in [3.63, 3.8) is 0 Å². The first-order valence-electron chi connectivity index (χ1n) is 3.45. The summed E-state index contributed by atoms with van der Waals surface area (Å²) in [6.45, 7) is 0. The van der Waals surface area contributed by atoms with Gasteiger partial charge in [-0.15, -0.1) is 0 Å². The second-order valence-corrected chi connectivity index (χ2v) is 3.28. The van der Waals surface area contributed by atoms with E-state index in [1.54, 1.807) is 0 Å². The van der Waals surface area contributed by atoms with Crippen molar-refractivity contribution in [3.05, 3.63) is 34.1 Å². The van der Waals surface area contributed by atoms with Gasteiger partial charge in [-0.25, -0.2) is 9.45 Å². The number of rotatable bonds is 1. The molecule has 0 spiro atoms. The Morgan fingerprint density at radius 3 is 2.77 bits per heavy atom. The van der Waals surface area contributed by atoms with E-state index in [0.29, 0.717) is 5.06 Å². The summed E-state index contributed by atoms with van der Waals surface area (Å²) >= 11 is 2.94. The van der Waals surface area contributed by atoms with E-state index in [1.165, 1.54) is 18.2 Å². The number of halogens is 2. The third kappa shape index (κ3) is 2.05. The zero-order chi connectivity index (χ0) is 10.0. The maximum atomic E-state index is 13.2. The summed E-state index contributed by atoms with van der Waals surface area (Å²) in [7, 11) is 1.14. The molecule has 1 rings (SSSR count). The van der Waals surface area contributed by atoms with Gasteiger partial charge in [0.25, 0.3) is 5.91 Å². The normalized spacial score (nSPS) is 9.85. The zero-order valence-electron chi connectivity index (χ0n) is 6.79. The van der Waals surface area contributed by atoms with Crippen molar-refractivity contribution in [1.29, 1.82) is 0 Å². The molecule has 0 unspecified atom stereocenters. The van der Waals surface area contributed by atoms with Gasteiger partial charge in [-0.2, -0.15) is 0 Å². The summed E-state index contributed by atoms with van der Waals surface area (Å²) in [5.41, 5.74) is -0.167. The molecule has 0 saturated heterocycles. The number of carbonyl (C=O) groups excluding carboxylic acids is 1. The van der Waals surface area contributed by atoms with Crippen LogP contribution in [0.15, 0.2) is 22.7 Å². The lowest BCUT2D eigenvalue weighted by atomic mass is 10.2. The molecule has 13 heavy (non-hydrogen) atoms. The van der Waals surface area contributed by atoms with E-state index in [-0.39, 0.29) is 10.0 Å². The maximum absolute atomic E-state index is 13.2. The Hall–Kier alpha value is -0.940. The standard InChI is InChI=1S/C8H7BrFNO2/c1-11(13)8(12)5-3-2-4-6(9)7(5)10/h2-4,13H,1H3. The van der Waals surface area contributed by atoms with Crippen LogP contribution < -0.4 is 0 Å². The van der Waals surface area contributed by atoms with Crippen LogP contribution >= 0.6 is 15.9 Å². The number of hydrogen-bond acceptors (Lipinski definition) is 2. The Morgan fingerprint density at radius 1 is 1.62 bits per heavy atom. The number of nitrogens with zero attached hydrogens (tertiary/aromatic N) is 1. The second-order valence-electron chi connectivity index (χ2n) is 2.43. The van der Waals surface area contributed by atoms with Crippen LogP contribution in [0.1, 0.15) is 10.4 Å². The minimum Gasteiger partial charge on any atom is -0.286 e. The van der Waals surface area contributed by atoms with Gasteiger partial charge in [-0.1, -0.05) is 6.07 Å². The average Bonchev–Trinajstić information content (AvgIpc) is 2.08. The van der Waals surface area contributed by atoms with Crippen LogP contribution in [0.25, 0.3) is 0 Å². The Labute approximate surface area is 82.9 Å². The molecule has 1 aromatic carbocycles. The predicted octanol–water partition coefficient (Wildman–Crippen LogP) is 2.05. The van der Waals surface area contributed by atoms with Crippen LogP contribution in [0.3, 0.4) is 0 Å². The summed E-state index contributed by atoms with van der Waals surface area (Å²) in [5.74, 6) is -1.45. The molecule has 0 aliphatic heterocycles. The molecule has 5 heteroatoms. The van der Waals surface area contributed by atoms with Crippen LogP contribution in [0.4, 0.5) is 4.39 Å². The minimum absolute atomic E-state index is 0.167. The van der Waals surface area contributed by atoms with E-state index in [4.69, 9.17) is 5.21 Å². The van der Waals surface area contributed by atoms with Crippen molar-refractivity contribution < 1.29 is 14.4 Å². The molecule has 0 heterocycles. The monoisotopic (exact) mass is 247 g/mol. The first kappa shape index (κ1) is 10.1. The first-order chi connectivity index (χ1) is 6.04. The predicted molar refractivity (Wildman–Crippen MR) is 48.0 cm³/mol. The lowest BCUT2D eigenvalue weighted by Gasteiger charge is -2.09. The summed E-state index contributed by atoms with van der Waals surface area (Å²) in [4.78, 5) is 11.1. The molecule has 0 saturated carbocycles. The van der Waals surface area contributed by atoms with Gasteiger partial charge in [-0.3, -0.25) is 10.0 Å². The smallest absolute Gasteiger partial charge is 0.279 e. The number of amides is 1. The topological polar surface area (TPSA) is 40.5 Å². The van der Waals surface area contributed by atoms with Gasteiger partial charge < -0.3 is 0 Å². The van der Waals surface area contributed by atoms with E-state index in [2.05, 4.69) is 15.9 Å². The number of benzene rings is 1. The lowest BCUT2D eigenvalue weighted by Crippen LogP contribution is -2.23. The summed E-state index contributed by atoms with van der Waals surface area (Å²) < 4.78 is 13.4. The van der Waals surface area contributed by atoms with Crippen LogP contribution in [0.2, 0.25) is 0 Å². The molecule has 1 amide bonds. The Bertz CT molecular complexity index is 341. The minimum atomic E-state index is -0.779. The molecular weight excluding hydrogens is 241 g/mol. The van der Waals surface area contributed by atoms with Gasteiger partial charge in [0, 0.05) is 7.05 Å². The van der Waals surface area contributed by atoms with Crippen molar-refractivity contribution in [2.75, 3.05) is 7.05 Å². The molecular formula is C8H7BrFNO2. The lowest BCUT2D eigenvalue weighted by molar-refractivity contribution is -0.0378. The van der Waals surface area contributed by atoms with Crippen molar-refractivity contribution in [2.45, 2.75) is 0 Å². The fourth-order valence-corrected chi connectivity index (χ4v) is 1.21. The van der Waals surface area contributed by atoms with Gasteiger partial charge in [0.05, 0.1) is 10.0 Å². The second kappa shape index (κ2) is 3.85. The molecule has 0 atom stereocenters. The summed E-state index contributed by atoms with van der Waals surface area (Å²) in [6, 6.07) is 4.29. The molecule has 0 bridgehead atoms. The summed E-state index contributed by atoms with van der Waals surface area (Å²) in [5, 5.41) is 9.13.